The third-order valence-electron chi connectivity index (χ3n) is 6.46. The fourth-order valence-corrected chi connectivity index (χ4v) is 4.42. The lowest BCUT2D eigenvalue weighted by atomic mass is 10.0. The molecule has 3 aromatic rings. The number of urea groups is 1. The maximum atomic E-state index is 13.5. The number of carbonyl (C=O) groups excluding carboxylic acids is 2. The zero-order valence-electron chi connectivity index (χ0n) is 18.7. The lowest BCUT2D eigenvalue weighted by Gasteiger charge is -2.29. The number of fused-ring (bicyclic) bond motifs is 1. The number of aromatic nitrogens is 4. The highest BCUT2D eigenvalue weighted by Crippen LogP contribution is 2.49. The van der Waals surface area contributed by atoms with Crippen molar-refractivity contribution in [3.63, 3.8) is 0 Å². The van der Waals surface area contributed by atoms with Gasteiger partial charge < -0.3 is 15.1 Å². The van der Waals surface area contributed by atoms with E-state index in [9.17, 15) is 14.0 Å². The van der Waals surface area contributed by atoms with Gasteiger partial charge in [-0.3, -0.25) is 9.89 Å². The number of aryl methyl sites for hydroxylation is 1. The van der Waals surface area contributed by atoms with Crippen LogP contribution in [0.5, 0.6) is 0 Å². The molecular weight excluding hydrogens is 461 g/mol. The summed E-state index contributed by atoms with van der Waals surface area (Å²) in [6.07, 6.45) is 5.58. The Kier molecular flexibility index (Phi) is 5.47. The van der Waals surface area contributed by atoms with Crippen molar-refractivity contribution < 1.29 is 14.0 Å². The van der Waals surface area contributed by atoms with E-state index in [2.05, 4.69) is 25.5 Å². The van der Waals surface area contributed by atoms with Gasteiger partial charge in [-0.2, -0.15) is 5.10 Å². The number of amides is 3. The van der Waals surface area contributed by atoms with Crippen LogP contribution < -0.4 is 5.32 Å². The predicted octanol–water partition coefficient (Wildman–Crippen LogP) is 3.65. The SMILES string of the molecule is Cc1cnc(C2(N(C)C(=O)c3[nH]nc4c3CN(C(=O)Nc3ccc(F)c(Cl)c3)CC4)CC2)nc1. The molecule has 0 unspecified atom stereocenters. The van der Waals surface area contributed by atoms with Gasteiger partial charge >= 0.3 is 6.03 Å². The summed E-state index contributed by atoms with van der Waals surface area (Å²) >= 11 is 5.81. The van der Waals surface area contributed by atoms with Crippen LogP contribution in [0.2, 0.25) is 5.02 Å². The normalized spacial score (nSPS) is 16.1. The smallest absolute Gasteiger partial charge is 0.322 e. The number of rotatable bonds is 4. The van der Waals surface area contributed by atoms with Gasteiger partial charge in [0, 0.05) is 43.7 Å². The molecular formula is C23H23ClFN7O2. The second kappa shape index (κ2) is 8.35. The first-order valence-electron chi connectivity index (χ1n) is 10.9. The van der Waals surface area contributed by atoms with Gasteiger partial charge in [-0.05, 0) is 43.5 Å². The van der Waals surface area contributed by atoms with Crippen LogP contribution in [0.15, 0.2) is 30.6 Å². The minimum absolute atomic E-state index is 0.0731. The van der Waals surface area contributed by atoms with E-state index in [1.807, 2.05) is 6.92 Å². The van der Waals surface area contributed by atoms with Gasteiger partial charge in [0.05, 0.1) is 17.3 Å². The maximum absolute atomic E-state index is 13.5. The quantitative estimate of drug-likeness (QED) is 0.589. The van der Waals surface area contributed by atoms with Crippen molar-refractivity contribution in [1.29, 1.82) is 0 Å². The number of benzene rings is 1. The summed E-state index contributed by atoms with van der Waals surface area (Å²) in [6.45, 7) is 2.57. The Morgan fingerprint density at radius 3 is 2.68 bits per heavy atom. The molecule has 3 heterocycles. The summed E-state index contributed by atoms with van der Waals surface area (Å²) in [6, 6.07) is 3.63. The van der Waals surface area contributed by atoms with Crippen LogP contribution in [-0.4, -0.2) is 55.5 Å². The van der Waals surface area contributed by atoms with Crippen molar-refractivity contribution in [2.75, 3.05) is 18.9 Å². The first-order chi connectivity index (χ1) is 16.3. The summed E-state index contributed by atoms with van der Waals surface area (Å²) in [5.41, 5.74) is 2.63. The molecule has 34 heavy (non-hydrogen) atoms. The minimum atomic E-state index is -0.558. The van der Waals surface area contributed by atoms with Crippen LogP contribution in [0.4, 0.5) is 14.9 Å². The van der Waals surface area contributed by atoms with Crippen molar-refractivity contribution >= 4 is 29.2 Å². The number of halogens is 2. The van der Waals surface area contributed by atoms with Crippen LogP contribution >= 0.6 is 11.6 Å². The highest BCUT2D eigenvalue weighted by molar-refractivity contribution is 6.31. The Morgan fingerprint density at radius 2 is 2.00 bits per heavy atom. The molecule has 0 saturated heterocycles. The van der Waals surface area contributed by atoms with E-state index in [-0.39, 0.29) is 23.5 Å². The molecule has 0 bridgehead atoms. The van der Waals surface area contributed by atoms with E-state index < -0.39 is 11.4 Å². The monoisotopic (exact) mass is 483 g/mol. The lowest BCUT2D eigenvalue weighted by Crippen LogP contribution is -2.41. The molecule has 0 atom stereocenters. The van der Waals surface area contributed by atoms with E-state index in [1.54, 1.807) is 29.2 Å². The molecule has 9 nitrogen and oxygen atoms in total. The third-order valence-corrected chi connectivity index (χ3v) is 6.75. The minimum Gasteiger partial charge on any atom is -0.327 e. The Labute approximate surface area is 200 Å². The van der Waals surface area contributed by atoms with Crippen LogP contribution in [-0.2, 0) is 18.5 Å². The van der Waals surface area contributed by atoms with Crippen LogP contribution in [0.25, 0.3) is 0 Å². The van der Waals surface area contributed by atoms with Gasteiger partial charge in [0.15, 0.2) is 5.82 Å². The molecule has 11 heteroatoms. The highest BCUT2D eigenvalue weighted by atomic mass is 35.5. The second-order valence-corrected chi connectivity index (χ2v) is 9.14. The number of nitrogens with zero attached hydrogens (tertiary/aromatic N) is 5. The van der Waals surface area contributed by atoms with Crippen LogP contribution in [0.1, 0.15) is 46.0 Å². The number of hydrogen-bond acceptors (Lipinski definition) is 5. The van der Waals surface area contributed by atoms with E-state index in [1.165, 1.54) is 18.2 Å². The number of anilines is 1. The molecule has 1 fully saturated rings. The molecule has 1 aromatic carbocycles. The van der Waals surface area contributed by atoms with Crippen molar-refractivity contribution in [2.24, 2.45) is 0 Å². The zero-order chi connectivity index (χ0) is 24.0. The topological polar surface area (TPSA) is 107 Å². The molecule has 2 N–H and O–H groups in total. The molecule has 1 saturated carbocycles. The molecule has 3 amide bonds. The first kappa shape index (κ1) is 22.3. The number of H-pyrrole nitrogens is 1. The predicted molar refractivity (Wildman–Crippen MR) is 123 cm³/mol. The summed E-state index contributed by atoms with van der Waals surface area (Å²) in [7, 11) is 1.75. The first-order valence-corrected chi connectivity index (χ1v) is 11.3. The summed E-state index contributed by atoms with van der Waals surface area (Å²) in [5, 5.41) is 9.86. The van der Waals surface area contributed by atoms with E-state index in [0.717, 1.165) is 24.1 Å². The summed E-state index contributed by atoms with van der Waals surface area (Å²) in [4.78, 5) is 38.4. The molecule has 0 radical (unpaired) electrons. The van der Waals surface area contributed by atoms with Gasteiger partial charge in [-0.15, -0.1) is 0 Å². The number of aromatic amines is 1. The van der Waals surface area contributed by atoms with Gasteiger partial charge in [-0.1, -0.05) is 11.6 Å². The number of nitrogens with one attached hydrogen (secondary N) is 2. The Balaban J connectivity index is 1.33. The Bertz CT molecular complexity index is 1270. The van der Waals surface area contributed by atoms with E-state index in [4.69, 9.17) is 11.6 Å². The Morgan fingerprint density at radius 1 is 1.26 bits per heavy atom. The van der Waals surface area contributed by atoms with E-state index in [0.29, 0.717) is 35.7 Å². The van der Waals surface area contributed by atoms with Crippen LogP contribution in [0.3, 0.4) is 0 Å². The Hall–Kier alpha value is -3.53. The molecule has 2 aromatic heterocycles. The van der Waals surface area contributed by atoms with Crippen molar-refractivity contribution in [1.82, 2.24) is 30.0 Å². The average molecular weight is 484 g/mol. The molecule has 1 aliphatic carbocycles. The average Bonchev–Trinajstić information content (AvgIpc) is 3.53. The molecule has 176 valence electrons. The van der Waals surface area contributed by atoms with Crippen molar-refractivity contribution in [3.05, 3.63) is 69.8 Å². The second-order valence-electron chi connectivity index (χ2n) is 8.73. The van der Waals surface area contributed by atoms with Crippen molar-refractivity contribution in [2.45, 2.75) is 38.3 Å². The fraction of sp³-hybridized carbons (Fsp3) is 0.348. The molecule has 0 spiro atoms. The number of hydrogen-bond donors (Lipinski definition) is 2. The van der Waals surface area contributed by atoms with Gasteiger partial charge in [0.2, 0.25) is 0 Å². The largest absolute Gasteiger partial charge is 0.327 e. The standard InChI is InChI=1S/C23H23ClFN7O2/c1-13-10-26-21(27-11-13)23(6-7-23)31(2)20(33)19-15-12-32(8-5-18(15)29-30-19)22(34)28-14-3-4-17(25)16(24)9-14/h3-4,9-11H,5-8,12H2,1-2H3,(H,28,34)(H,29,30). The van der Waals surface area contributed by atoms with Gasteiger partial charge in [-0.25, -0.2) is 19.2 Å². The maximum Gasteiger partial charge on any atom is 0.322 e. The highest BCUT2D eigenvalue weighted by Gasteiger charge is 2.53. The molecule has 1 aliphatic heterocycles. The molecule has 2 aliphatic rings. The zero-order valence-corrected chi connectivity index (χ0v) is 19.5. The molecule has 5 rings (SSSR count). The van der Waals surface area contributed by atoms with Crippen LogP contribution in [0, 0.1) is 12.7 Å². The fourth-order valence-electron chi connectivity index (χ4n) is 4.24. The van der Waals surface area contributed by atoms with E-state index >= 15 is 0 Å². The summed E-state index contributed by atoms with van der Waals surface area (Å²) < 4.78 is 13.4. The van der Waals surface area contributed by atoms with Crippen molar-refractivity contribution in [3.8, 4) is 0 Å². The van der Waals surface area contributed by atoms with Gasteiger partial charge in [0.25, 0.3) is 5.91 Å². The number of carbonyl (C=O) groups is 2. The van der Waals surface area contributed by atoms with Gasteiger partial charge in [0.1, 0.15) is 17.1 Å². The third kappa shape index (κ3) is 3.87. The summed E-state index contributed by atoms with van der Waals surface area (Å²) in [5.74, 6) is -0.151. The lowest BCUT2D eigenvalue weighted by molar-refractivity contribution is 0.0687.